The van der Waals surface area contributed by atoms with Crippen molar-refractivity contribution >= 4 is 11.9 Å². The number of hydrogen-bond donors (Lipinski definition) is 2. The SMILES string of the molecule is O=C(NC1CC(C(=O)O)C1)c1ccccc1-n1cnnc1. The van der Waals surface area contributed by atoms with Crippen LogP contribution in [0, 0.1) is 5.92 Å². The number of nitrogens with zero attached hydrogens (tertiary/aromatic N) is 3. The molecule has 2 N–H and O–H groups in total. The zero-order valence-electron chi connectivity index (χ0n) is 11.1. The first-order valence-corrected chi connectivity index (χ1v) is 6.63. The number of para-hydroxylation sites is 1. The van der Waals surface area contributed by atoms with Crippen molar-refractivity contribution in [3.8, 4) is 5.69 Å². The van der Waals surface area contributed by atoms with E-state index in [-0.39, 0.29) is 17.9 Å². The van der Waals surface area contributed by atoms with Gasteiger partial charge in [-0.2, -0.15) is 0 Å². The smallest absolute Gasteiger partial charge is 0.306 e. The highest BCUT2D eigenvalue weighted by molar-refractivity contribution is 5.98. The van der Waals surface area contributed by atoms with Gasteiger partial charge < -0.3 is 10.4 Å². The highest BCUT2D eigenvalue weighted by Gasteiger charge is 2.35. The number of rotatable bonds is 4. The van der Waals surface area contributed by atoms with E-state index in [2.05, 4.69) is 15.5 Å². The first-order chi connectivity index (χ1) is 10.1. The standard InChI is InChI=1S/C14H14N4O3/c19-13(17-10-5-9(6-10)14(20)21)11-3-1-2-4-12(11)18-7-15-16-8-18/h1-4,7-10H,5-6H2,(H,17,19)(H,20,21). The highest BCUT2D eigenvalue weighted by atomic mass is 16.4. The van der Waals surface area contributed by atoms with Gasteiger partial charge in [0, 0.05) is 6.04 Å². The molecule has 1 fully saturated rings. The van der Waals surface area contributed by atoms with Gasteiger partial charge in [-0.25, -0.2) is 0 Å². The minimum atomic E-state index is -0.801. The summed E-state index contributed by atoms with van der Waals surface area (Å²) in [5.74, 6) is -1.36. The minimum absolute atomic E-state index is 0.0763. The van der Waals surface area contributed by atoms with Crippen molar-refractivity contribution in [2.24, 2.45) is 5.92 Å². The van der Waals surface area contributed by atoms with E-state index in [4.69, 9.17) is 5.11 Å². The second kappa shape index (κ2) is 5.35. The molecule has 0 bridgehead atoms. The molecule has 1 amide bonds. The second-order valence-corrected chi connectivity index (χ2v) is 5.06. The van der Waals surface area contributed by atoms with Crippen LogP contribution in [0.3, 0.4) is 0 Å². The maximum Gasteiger partial charge on any atom is 0.306 e. The van der Waals surface area contributed by atoms with Gasteiger partial charge in [-0.3, -0.25) is 14.2 Å². The minimum Gasteiger partial charge on any atom is -0.481 e. The Morgan fingerprint density at radius 1 is 1.19 bits per heavy atom. The monoisotopic (exact) mass is 286 g/mol. The molecule has 0 aliphatic heterocycles. The van der Waals surface area contributed by atoms with Crippen LogP contribution in [0.5, 0.6) is 0 Å². The predicted molar refractivity (Wildman–Crippen MR) is 73.0 cm³/mol. The predicted octanol–water partition coefficient (Wildman–Crippen LogP) is 0.860. The fourth-order valence-electron chi connectivity index (χ4n) is 2.42. The molecule has 0 spiro atoms. The van der Waals surface area contributed by atoms with Gasteiger partial charge in [-0.1, -0.05) is 12.1 Å². The van der Waals surface area contributed by atoms with Crippen LogP contribution in [0.15, 0.2) is 36.9 Å². The lowest BCUT2D eigenvalue weighted by atomic mass is 9.80. The number of aromatic nitrogens is 3. The molecule has 3 rings (SSSR count). The third kappa shape index (κ3) is 2.62. The molecule has 1 saturated carbocycles. The van der Waals surface area contributed by atoms with Gasteiger partial charge in [-0.15, -0.1) is 10.2 Å². The molecule has 0 unspecified atom stereocenters. The van der Waals surface area contributed by atoms with Crippen molar-refractivity contribution in [2.75, 3.05) is 0 Å². The van der Waals surface area contributed by atoms with Gasteiger partial charge in [0.25, 0.3) is 5.91 Å². The molecule has 21 heavy (non-hydrogen) atoms. The van der Waals surface area contributed by atoms with Gasteiger partial charge in [0.15, 0.2) is 0 Å². The molecule has 1 aliphatic rings. The zero-order chi connectivity index (χ0) is 14.8. The summed E-state index contributed by atoms with van der Waals surface area (Å²) < 4.78 is 1.66. The third-order valence-electron chi connectivity index (χ3n) is 3.67. The largest absolute Gasteiger partial charge is 0.481 e. The summed E-state index contributed by atoms with van der Waals surface area (Å²) in [5, 5.41) is 19.2. The fraction of sp³-hybridized carbons (Fsp3) is 0.286. The molecule has 7 nitrogen and oxygen atoms in total. The molecular formula is C14H14N4O3. The number of carboxylic acid groups (broad SMARTS) is 1. The lowest BCUT2D eigenvalue weighted by Crippen LogP contribution is -2.46. The molecule has 1 aliphatic carbocycles. The van der Waals surface area contributed by atoms with E-state index in [0.29, 0.717) is 24.1 Å². The van der Waals surface area contributed by atoms with Crippen LogP contribution in [-0.4, -0.2) is 37.8 Å². The summed E-state index contributed by atoms with van der Waals surface area (Å²) in [5.41, 5.74) is 1.20. The van der Waals surface area contributed by atoms with Crippen LogP contribution in [0.4, 0.5) is 0 Å². The molecule has 0 saturated heterocycles. The zero-order valence-corrected chi connectivity index (χ0v) is 11.1. The van der Waals surface area contributed by atoms with E-state index in [9.17, 15) is 9.59 Å². The molecule has 1 heterocycles. The van der Waals surface area contributed by atoms with Crippen molar-refractivity contribution in [2.45, 2.75) is 18.9 Å². The van der Waals surface area contributed by atoms with E-state index in [0.717, 1.165) is 0 Å². The summed E-state index contributed by atoms with van der Waals surface area (Å²) in [6, 6.07) is 7.06. The Balaban J connectivity index is 1.73. The van der Waals surface area contributed by atoms with Gasteiger partial charge in [0.05, 0.1) is 17.2 Å². The Morgan fingerprint density at radius 3 is 2.52 bits per heavy atom. The maximum atomic E-state index is 12.3. The molecular weight excluding hydrogens is 272 g/mol. The van der Waals surface area contributed by atoms with Crippen molar-refractivity contribution in [1.29, 1.82) is 0 Å². The number of hydrogen-bond acceptors (Lipinski definition) is 4. The highest BCUT2D eigenvalue weighted by Crippen LogP contribution is 2.28. The van der Waals surface area contributed by atoms with Gasteiger partial charge >= 0.3 is 5.97 Å². The molecule has 1 aromatic heterocycles. The van der Waals surface area contributed by atoms with Gasteiger partial charge in [0.1, 0.15) is 12.7 Å². The Bertz CT molecular complexity index is 663. The molecule has 108 valence electrons. The average Bonchev–Trinajstić information content (AvgIpc) is 2.95. The molecule has 1 aromatic carbocycles. The maximum absolute atomic E-state index is 12.3. The van der Waals surface area contributed by atoms with Crippen LogP contribution < -0.4 is 5.32 Å². The first kappa shape index (κ1) is 13.3. The van der Waals surface area contributed by atoms with E-state index >= 15 is 0 Å². The van der Waals surface area contributed by atoms with E-state index < -0.39 is 5.97 Å². The Labute approximate surface area is 120 Å². The van der Waals surface area contributed by atoms with Crippen molar-refractivity contribution in [3.05, 3.63) is 42.5 Å². The van der Waals surface area contributed by atoms with Crippen molar-refractivity contribution in [1.82, 2.24) is 20.1 Å². The number of aliphatic carboxylic acids is 1. The topological polar surface area (TPSA) is 97.1 Å². The van der Waals surface area contributed by atoms with Crippen molar-refractivity contribution in [3.63, 3.8) is 0 Å². The molecule has 2 aromatic rings. The first-order valence-electron chi connectivity index (χ1n) is 6.63. The summed E-state index contributed by atoms with van der Waals surface area (Å²) in [6.07, 6.45) is 4.01. The number of amides is 1. The summed E-state index contributed by atoms with van der Waals surface area (Å²) in [7, 11) is 0. The Hall–Kier alpha value is -2.70. The lowest BCUT2D eigenvalue weighted by Gasteiger charge is -2.33. The van der Waals surface area contributed by atoms with Crippen LogP contribution in [0.2, 0.25) is 0 Å². The Kier molecular flexibility index (Phi) is 3.39. The number of carbonyl (C=O) groups excluding carboxylic acids is 1. The fourth-order valence-corrected chi connectivity index (χ4v) is 2.42. The normalized spacial score (nSPS) is 20.6. The van der Waals surface area contributed by atoms with Gasteiger partial charge in [-0.05, 0) is 25.0 Å². The third-order valence-corrected chi connectivity index (χ3v) is 3.67. The van der Waals surface area contributed by atoms with E-state index in [1.165, 1.54) is 12.7 Å². The number of carboxylic acids is 1. The summed E-state index contributed by atoms with van der Waals surface area (Å²) >= 11 is 0. The molecule has 0 atom stereocenters. The van der Waals surface area contributed by atoms with Crippen LogP contribution >= 0.6 is 0 Å². The van der Waals surface area contributed by atoms with Crippen LogP contribution in [-0.2, 0) is 4.79 Å². The number of benzene rings is 1. The summed E-state index contributed by atoms with van der Waals surface area (Å²) in [4.78, 5) is 23.1. The number of nitrogens with one attached hydrogen (secondary N) is 1. The van der Waals surface area contributed by atoms with Crippen LogP contribution in [0.25, 0.3) is 5.69 Å². The Morgan fingerprint density at radius 2 is 1.86 bits per heavy atom. The molecule has 0 radical (unpaired) electrons. The summed E-state index contributed by atoms with van der Waals surface area (Å²) in [6.45, 7) is 0. The molecule has 7 heteroatoms. The average molecular weight is 286 g/mol. The second-order valence-electron chi connectivity index (χ2n) is 5.06. The lowest BCUT2D eigenvalue weighted by molar-refractivity contribution is -0.145. The quantitative estimate of drug-likeness (QED) is 0.868. The van der Waals surface area contributed by atoms with E-state index in [1.807, 2.05) is 6.07 Å². The van der Waals surface area contributed by atoms with E-state index in [1.54, 1.807) is 22.8 Å². The van der Waals surface area contributed by atoms with Gasteiger partial charge in [0.2, 0.25) is 0 Å². The number of carbonyl (C=O) groups is 2. The van der Waals surface area contributed by atoms with Crippen LogP contribution in [0.1, 0.15) is 23.2 Å². The van der Waals surface area contributed by atoms with Crippen molar-refractivity contribution < 1.29 is 14.7 Å².